The zero-order chi connectivity index (χ0) is 22.2. The van der Waals surface area contributed by atoms with Crippen LogP contribution in [0.3, 0.4) is 0 Å². The standard InChI is InChI=1S/C24H30N6O2/c1-15(12-17-8-10-25-11-9-17)29-14-18(13-26-29)19-4-3-5-20-23(19)16(2)28-30(20)21-6-7-22(31)27-24(21)32/h3-5,13-15,17,21,25H,6-12H2,1-2H3,(H,27,31,32). The number of nitrogens with one attached hydrogen (secondary N) is 2. The molecule has 32 heavy (non-hydrogen) atoms. The minimum atomic E-state index is -0.466. The van der Waals surface area contributed by atoms with Crippen LogP contribution >= 0.6 is 0 Å². The molecule has 3 aromatic rings. The normalized spacial score (nSPS) is 21.1. The van der Waals surface area contributed by atoms with Crippen molar-refractivity contribution in [2.24, 2.45) is 5.92 Å². The number of benzene rings is 1. The van der Waals surface area contributed by atoms with E-state index in [1.165, 1.54) is 12.8 Å². The van der Waals surface area contributed by atoms with Gasteiger partial charge in [-0.25, -0.2) is 0 Å². The fourth-order valence-corrected chi connectivity index (χ4v) is 5.20. The topological polar surface area (TPSA) is 93.8 Å². The zero-order valence-corrected chi connectivity index (χ0v) is 18.7. The van der Waals surface area contributed by atoms with Crippen molar-refractivity contribution in [2.75, 3.05) is 13.1 Å². The van der Waals surface area contributed by atoms with Gasteiger partial charge in [-0.1, -0.05) is 12.1 Å². The molecule has 8 nitrogen and oxygen atoms in total. The van der Waals surface area contributed by atoms with Gasteiger partial charge in [0.05, 0.1) is 17.4 Å². The van der Waals surface area contributed by atoms with Gasteiger partial charge in [0.15, 0.2) is 0 Å². The van der Waals surface area contributed by atoms with Gasteiger partial charge in [0.25, 0.3) is 5.91 Å². The molecule has 8 heteroatoms. The highest BCUT2D eigenvalue weighted by atomic mass is 16.2. The third-order valence-electron chi connectivity index (χ3n) is 6.91. The Hall–Kier alpha value is -3.00. The predicted molar refractivity (Wildman–Crippen MR) is 122 cm³/mol. The van der Waals surface area contributed by atoms with Gasteiger partial charge >= 0.3 is 0 Å². The first kappa shape index (κ1) is 20.9. The molecule has 4 heterocycles. The third kappa shape index (κ3) is 3.83. The van der Waals surface area contributed by atoms with Crippen LogP contribution in [-0.4, -0.2) is 44.5 Å². The molecule has 0 radical (unpaired) electrons. The number of piperidine rings is 2. The fraction of sp³-hybridized carbons (Fsp3) is 0.500. The SMILES string of the molecule is Cc1nn(C2CCC(=O)NC2=O)c2cccc(-c3cnn(C(C)CC4CCNCC4)c3)c12. The second-order valence-electron chi connectivity index (χ2n) is 9.18. The first-order valence-corrected chi connectivity index (χ1v) is 11.6. The smallest absolute Gasteiger partial charge is 0.251 e. The second kappa shape index (κ2) is 8.50. The van der Waals surface area contributed by atoms with Crippen molar-refractivity contribution < 1.29 is 9.59 Å². The van der Waals surface area contributed by atoms with Crippen LogP contribution in [0.4, 0.5) is 0 Å². The van der Waals surface area contributed by atoms with Crippen molar-refractivity contribution in [3.63, 3.8) is 0 Å². The number of hydrogen-bond acceptors (Lipinski definition) is 5. The number of imide groups is 1. The van der Waals surface area contributed by atoms with Crippen LogP contribution in [0.2, 0.25) is 0 Å². The molecule has 0 spiro atoms. The molecule has 2 N–H and O–H groups in total. The first-order chi connectivity index (χ1) is 15.5. The Morgan fingerprint density at radius 2 is 2.00 bits per heavy atom. The molecule has 168 valence electrons. The molecule has 2 saturated heterocycles. The summed E-state index contributed by atoms with van der Waals surface area (Å²) >= 11 is 0. The molecular formula is C24H30N6O2. The Kier molecular flexibility index (Phi) is 5.55. The lowest BCUT2D eigenvalue weighted by molar-refractivity contribution is -0.135. The Bertz CT molecular complexity index is 1160. The molecule has 2 atom stereocenters. The summed E-state index contributed by atoms with van der Waals surface area (Å²) in [5, 5.41) is 16.3. The van der Waals surface area contributed by atoms with E-state index in [9.17, 15) is 9.59 Å². The van der Waals surface area contributed by atoms with Crippen molar-refractivity contribution >= 4 is 22.7 Å². The summed E-state index contributed by atoms with van der Waals surface area (Å²) in [4.78, 5) is 24.0. The Labute approximate surface area is 187 Å². The van der Waals surface area contributed by atoms with E-state index < -0.39 is 6.04 Å². The average Bonchev–Trinajstić information content (AvgIpc) is 3.40. The number of hydrogen-bond donors (Lipinski definition) is 2. The molecular weight excluding hydrogens is 404 g/mol. The summed E-state index contributed by atoms with van der Waals surface area (Å²) in [5.74, 6) is 0.248. The number of aryl methyl sites for hydroxylation is 1. The van der Waals surface area contributed by atoms with Gasteiger partial charge < -0.3 is 5.32 Å². The van der Waals surface area contributed by atoms with Crippen LogP contribution < -0.4 is 10.6 Å². The first-order valence-electron chi connectivity index (χ1n) is 11.6. The van der Waals surface area contributed by atoms with Gasteiger partial charge in [0, 0.05) is 29.6 Å². The van der Waals surface area contributed by atoms with Crippen LogP contribution in [0.5, 0.6) is 0 Å². The predicted octanol–water partition coefficient (Wildman–Crippen LogP) is 3.14. The van der Waals surface area contributed by atoms with E-state index in [2.05, 4.69) is 39.6 Å². The lowest BCUT2D eigenvalue weighted by Gasteiger charge is -2.25. The van der Waals surface area contributed by atoms with Gasteiger partial charge in [-0.3, -0.25) is 24.3 Å². The van der Waals surface area contributed by atoms with Gasteiger partial charge in [0.1, 0.15) is 6.04 Å². The second-order valence-corrected chi connectivity index (χ2v) is 9.18. The van der Waals surface area contributed by atoms with Crippen LogP contribution in [0.25, 0.3) is 22.0 Å². The highest BCUT2D eigenvalue weighted by Gasteiger charge is 2.30. The Morgan fingerprint density at radius 3 is 2.78 bits per heavy atom. The van der Waals surface area contributed by atoms with Gasteiger partial charge in [-0.05, 0) is 70.2 Å². The van der Waals surface area contributed by atoms with E-state index in [1.807, 2.05) is 25.3 Å². The molecule has 2 fully saturated rings. The van der Waals surface area contributed by atoms with Gasteiger partial charge in [-0.15, -0.1) is 0 Å². The summed E-state index contributed by atoms with van der Waals surface area (Å²) in [6.07, 6.45) is 8.46. The highest BCUT2D eigenvalue weighted by molar-refractivity contribution is 6.01. The van der Waals surface area contributed by atoms with E-state index >= 15 is 0 Å². The van der Waals surface area contributed by atoms with Crippen LogP contribution in [0, 0.1) is 12.8 Å². The largest absolute Gasteiger partial charge is 0.317 e. The number of fused-ring (bicyclic) bond motifs is 1. The average molecular weight is 435 g/mol. The summed E-state index contributed by atoms with van der Waals surface area (Å²) < 4.78 is 3.86. The molecule has 2 amide bonds. The minimum absolute atomic E-state index is 0.217. The number of aromatic nitrogens is 4. The number of carbonyl (C=O) groups is 2. The number of amides is 2. The van der Waals surface area contributed by atoms with Crippen LogP contribution in [0.15, 0.2) is 30.6 Å². The maximum Gasteiger partial charge on any atom is 0.251 e. The summed E-state index contributed by atoms with van der Waals surface area (Å²) in [5.41, 5.74) is 3.90. The molecule has 2 unspecified atom stereocenters. The van der Waals surface area contributed by atoms with Crippen molar-refractivity contribution in [1.29, 1.82) is 0 Å². The molecule has 0 bridgehead atoms. The molecule has 0 saturated carbocycles. The van der Waals surface area contributed by atoms with E-state index in [-0.39, 0.29) is 11.8 Å². The zero-order valence-electron chi connectivity index (χ0n) is 18.7. The van der Waals surface area contributed by atoms with Gasteiger partial charge in [0.2, 0.25) is 5.91 Å². The third-order valence-corrected chi connectivity index (χ3v) is 6.91. The monoisotopic (exact) mass is 434 g/mol. The molecule has 2 aromatic heterocycles. The van der Waals surface area contributed by atoms with E-state index in [4.69, 9.17) is 5.10 Å². The summed E-state index contributed by atoms with van der Waals surface area (Å²) in [6.45, 7) is 6.43. The maximum absolute atomic E-state index is 12.4. The minimum Gasteiger partial charge on any atom is -0.317 e. The van der Waals surface area contributed by atoms with E-state index in [1.54, 1.807) is 4.68 Å². The van der Waals surface area contributed by atoms with Crippen molar-refractivity contribution in [1.82, 2.24) is 30.2 Å². The van der Waals surface area contributed by atoms with E-state index in [0.717, 1.165) is 53.2 Å². The van der Waals surface area contributed by atoms with Crippen LogP contribution in [0.1, 0.15) is 56.8 Å². The van der Waals surface area contributed by atoms with Crippen LogP contribution in [-0.2, 0) is 9.59 Å². The number of carbonyl (C=O) groups excluding carboxylic acids is 2. The molecule has 0 aliphatic carbocycles. The summed E-state index contributed by atoms with van der Waals surface area (Å²) in [7, 11) is 0. The quantitative estimate of drug-likeness (QED) is 0.602. The van der Waals surface area contributed by atoms with E-state index in [0.29, 0.717) is 18.9 Å². The Balaban J connectivity index is 1.45. The molecule has 1 aromatic carbocycles. The lowest BCUT2D eigenvalue weighted by atomic mass is 9.91. The number of rotatable bonds is 5. The molecule has 2 aliphatic rings. The fourth-order valence-electron chi connectivity index (χ4n) is 5.20. The summed E-state index contributed by atoms with van der Waals surface area (Å²) in [6, 6.07) is 5.96. The van der Waals surface area contributed by atoms with Crippen molar-refractivity contribution in [3.8, 4) is 11.1 Å². The Morgan fingerprint density at radius 1 is 1.19 bits per heavy atom. The molecule has 5 rings (SSSR count). The van der Waals surface area contributed by atoms with Crippen molar-refractivity contribution in [3.05, 3.63) is 36.3 Å². The number of nitrogens with zero attached hydrogens (tertiary/aromatic N) is 4. The molecule has 2 aliphatic heterocycles. The highest BCUT2D eigenvalue weighted by Crippen LogP contribution is 2.34. The van der Waals surface area contributed by atoms with Gasteiger partial charge in [-0.2, -0.15) is 10.2 Å². The lowest BCUT2D eigenvalue weighted by Crippen LogP contribution is -2.42. The maximum atomic E-state index is 12.4. The van der Waals surface area contributed by atoms with Crippen molar-refractivity contribution in [2.45, 2.75) is 58.0 Å².